The SMILES string of the molecule is CCOC1CC(NCC2(CO)COCC3(CCC3)N2C)C1. The maximum atomic E-state index is 10.0. The molecule has 5 heteroatoms. The number of likely N-dealkylation sites (N-methyl/N-ethyl adjacent to an activating group) is 1. The van der Waals surface area contributed by atoms with E-state index in [1.165, 1.54) is 19.3 Å². The Kier molecular flexibility index (Phi) is 4.58. The number of nitrogens with one attached hydrogen (secondary N) is 1. The Morgan fingerprint density at radius 3 is 2.67 bits per heavy atom. The second kappa shape index (κ2) is 6.13. The van der Waals surface area contributed by atoms with Gasteiger partial charge in [0.25, 0.3) is 0 Å². The molecule has 2 saturated carbocycles. The molecule has 5 nitrogen and oxygen atoms in total. The standard InChI is InChI=1S/C16H30N2O3/c1-3-21-14-7-13(8-14)17-9-16(10-19)12-20-11-15(18(16)2)5-4-6-15/h13-14,17,19H,3-12H2,1-2H3. The molecular formula is C16H30N2O3. The summed E-state index contributed by atoms with van der Waals surface area (Å²) in [6.45, 7) is 5.24. The van der Waals surface area contributed by atoms with Crippen molar-refractivity contribution in [3.63, 3.8) is 0 Å². The molecule has 2 aliphatic carbocycles. The van der Waals surface area contributed by atoms with E-state index in [1.54, 1.807) is 0 Å². The summed E-state index contributed by atoms with van der Waals surface area (Å²) in [5.74, 6) is 0. The molecule has 1 unspecified atom stereocenters. The van der Waals surface area contributed by atoms with Gasteiger partial charge >= 0.3 is 0 Å². The third kappa shape index (κ3) is 2.75. The third-order valence-electron chi connectivity index (χ3n) is 5.96. The van der Waals surface area contributed by atoms with Gasteiger partial charge in [0.05, 0.1) is 31.5 Å². The Morgan fingerprint density at radius 2 is 2.10 bits per heavy atom. The first-order chi connectivity index (χ1) is 10.1. The minimum absolute atomic E-state index is 0.153. The zero-order chi connectivity index (χ0) is 14.9. The second-order valence-corrected chi connectivity index (χ2v) is 7.14. The number of hydrogen-bond acceptors (Lipinski definition) is 5. The van der Waals surface area contributed by atoms with Crippen molar-refractivity contribution in [2.24, 2.45) is 0 Å². The van der Waals surface area contributed by atoms with Crippen molar-refractivity contribution in [2.45, 2.75) is 62.3 Å². The molecule has 1 atom stereocenters. The highest BCUT2D eigenvalue weighted by Gasteiger charge is 2.53. The summed E-state index contributed by atoms with van der Waals surface area (Å²) in [5, 5.41) is 13.6. The van der Waals surface area contributed by atoms with E-state index in [4.69, 9.17) is 9.47 Å². The van der Waals surface area contributed by atoms with Gasteiger partial charge in [0, 0.05) is 24.7 Å². The van der Waals surface area contributed by atoms with E-state index in [1.807, 2.05) is 6.92 Å². The fraction of sp³-hybridized carbons (Fsp3) is 1.00. The minimum Gasteiger partial charge on any atom is -0.394 e. The Hall–Kier alpha value is -0.200. The van der Waals surface area contributed by atoms with Gasteiger partial charge in [-0.15, -0.1) is 0 Å². The fourth-order valence-corrected chi connectivity index (χ4v) is 4.01. The third-order valence-corrected chi connectivity index (χ3v) is 5.96. The number of morpholine rings is 1. The molecule has 1 saturated heterocycles. The highest BCUT2D eigenvalue weighted by atomic mass is 16.5. The Balaban J connectivity index is 1.54. The largest absolute Gasteiger partial charge is 0.394 e. The summed E-state index contributed by atoms with van der Waals surface area (Å²) in [6.07, 6.45) is 6.27. The van der Waals surface area contributed by atoms with Gasteiger partial charge in [0.2, 0.25) is 0 Å². The smallest absolute Gasteiger partial charge is 0.0804 e. The van der Waals surface area contributed by atoms with Crippen LogP contribution >= 0.6 is 0 Å². The molecule has 2 N–H and O–H groups in total. The van der Waals surface area contributed by atoms with Crippen LogP contribution in [0.15, 0.2) is 0 Å². The molecule has 1 heterocycles. The molecule has 21 heavy (non-hydrogen) atoms. The molecule has 0 aromatic carbocycles. The first-order valence-corrected chi connectivity index (χ1v) is 8.42. The molecule has 0 amide bonds. The van der Waals surface area contributed by atoms with E-state index in [-0.39, 0.29) is 17.7 Å². The zero-order valence-electron chi connectivity index (χ0n) is 13.4. The van der Waals surface area contributed by atoms with Gasteiger partial charge in [-0.25, -0.2) is 0 Å². The molecule has 3 fully saturated rings. The van der Waals surface area contributed by atoms with Crippen LogP contribution < -0.4 is 5.32 Å². The van der Waals surface area contributed by atoms with Crippen LogP contribution in [-0.2, 0) is 9.47 Å². The maximum Gasteiger partial charge on any atom is 0.0804 e. The van der Waals surface area contributed by atoms with Crippen LogP contribution in [0.2, 0.25) is 0 Å². The van der Waals surface area contributed by atoms with Gasteiger partial charge in [0.15, 0.2) is 0 Å². The molecule has 0 bridgehead atoms. The van der Waals surface area contributed by atoms with E-state index in [0.717, 1.165) is 32.6 Å². The summed E-state index contributed by atoms with van der Waals surface area (Å²) >= 11 is 0. The van der Waals surface area contributed by atoms with Gasteiger partial charge in [-0.2, -0.15) is 0 Å². The van der Waals surface area contributed by atoms with Crippen LogP contribution in [0.25, 0.3) is 0 Å². The lowest BCUT2D eigenvalue weighted by Crippen LogP contribution is -2.73. The quantitative estimate of drug-likeness (QED) is 0.758. The Labute approximate surface area is 128 Å². The first kappa shape index (κ1) is 15.7. The van der Waals surface area contributed by atoms with Crippen LogP contribution in [0.5, 0.6) is 0 Å². The average Bonchev–Trinajstić information content (AvgIpc) is 2.41. The monoisotopic (exact) mass is 298 g/mol. The maximum absolute atomic E-state index is 10.0. The molecule has 1 aliphatic heterocycles. The molecule has 0 aromatic rings. The molecule has 3 aliphatic rings. The highest BCUT2D eigenvalue weighted by molar-refractivity contribution is 5.08. The number of nitrogens with zero attached hydrogens (tertiary/aromatic N) is 1. The van der Waals surface area contributed by atoms with E-state index >= 15 is 0 Å². The van der Waals surface area contributed by atoms with Crippen molar-refractivity contribution in [1.82, 2.24) is 10.2 Å². The predicted octanol–water partition coefficient (Wildman–Crippen LogP) is 0.759. The lowest BCUT2D eigenvalue weighted by atomic mass is 9.72. The number of aliphatic hydroxyl groups excluding tert-OH is 1. The van der Waals surface area contributed by atoms with Gasteiger partial charge in [0.1, 0.15) is 0 Å². The second-order valence-electron chi connectivity index (χ2n) is 7.14. The van der Waals surface area contributed by atoms with Crippen molar-refractivity contribution in [2.75, 3.05) is 40.0 Å². The van der Waals surface area contributed by atoms with Gasteiger partial charge in [-0.1, -0.05) is 0 Å². The van der Waals surface area contributed by atoms with Crippen molar-refractivity contribution in [1.29, 1.82) is 0 Å². The lowest BCUT2D eigenvalue weighted by molar-refractivity contribution is -0.181. The summed E-state index contributed by atoms with van der Waals surface area (Å²) in [6, 6.07) is 0.526. The molecule has 3 rings (SSSR count). The van der Waals surface area contributed by atoms with E-state index in [0.29, 0.717) is 18.8 Å². The zero-order valence-corrected chi connectivity index (χ0v) is 13.4. The van der Waals surface area contributed by atoms with Crippen LogP contribution in [-0.4, -0.2) is 73.3 Å². The van der Waals surface area contributed by atoms with Crippen LogP contribution in [0, 0.1) is 0 Å². The number of rotatable bonds is 6. The van der Waals surface area contributed by atoms with Crippen molar-refractivity contribution in [3.05, 3.63) is 0 Å². The van der Waals surface area contributed by atoms with E-state index < -0.39 is 0 Å². The number of aliphatic hydroxyl groups is 1. The van der Waals surface area contributed by atoms with Gasteiger partial charge in [-0.3, -0.25) is 4.90 Å². The Morgan fingerprint density at radius 1 is 1.33 bits per heavy atom. The normalized spacial score (nSPS) is 39.0. The first-order valence-electron chi connectivity index (χ1n) is 8.42. The fourth-order valence-electron chi connectivity index (χ4n) is 4.01. The molecule has 122 valence electrons. The Bertz CT molecular complexity index is 355. The van der Waals surface area contributed by atoms with Gasteiger partial charge in [-0.05, 0) is 46.1 Å². The molecule has 0 aromatic heterocycles. The predicted molar refractivity (Wildman–Crippen MR) is 81.4 cm³/mol. The summed E-state index contributed by atoms with van der Waals surface area (Å²) < 4.78 is 11.5. The molecule has 1 spiro atoms. The molecular weight excluding hydrogens is 268 g/mol. The van der Waals surface area contributed by atoms with Crippen molar-refractivity contribution in [3.8, 4) is 0 Å². The minimum atomic E-state index is -0.268. The lowest BCUT2D eigenvalue weighted by Gasteiger charge is -2.59. The van der Waals surface area contributed by atoms with Crippen LogP contribution in [0.4, 0.5) is 0 Å². The summed E-state index contributed by atoms with van der Waals surface area (Å²) in [4.78, 5) is 2.42. The molecule has 0 radical (unpaired) electrons. The highest BCUT2D eigenvalue weighted by Crippen LogP contribution is 2.43. The van der Waals surface area contributed by atoms with E-state index in [2.05, 4.69) is 17.3 Å². The van der Waals surface area contributed by atoms with Crippen LogP contribution in [0.1, 0.15) is 39.0 Å². The summed E-state index contributed by atoms with van der Waals surface area (Å²) in [7, 11) is 2.17. The van der Waals surface area contributed by atoms with Gasteiger partial charge < -0.3 is 19.9 Å². The average molecular weight is 298 g/mol. The van der Waals surface area contributed by atoms with Crippen molar-refractivity contribution < 1.29 is 14.6 Å². The van der Waals surface area contributed by atoms with Crippen molar-refractivity contribution >= 4 is 0 Å². The number of ether oxygens (including phenoxy) is 2. The van der Waals surface area contributed by atoms with Crippen LogP contribution in [0.3, 0.4) is 0 Å². The van der Waals surface area contributed by atoms with E-state index in [9.17, 15) is 5.11 Å². The topological polar surface area (TPSA) is 54.0 Å². The number of hydrogen-bond donors (Lipinski definition) is 2. The summed E-state index contributed by atoms with van der Waals surface area (Å²) in [5.41, 5.74) is -0.0918.